The van der Waals surface area contributed by atoms with E-state index in [-0.39, 0.29) is 18.4 Å². The molecule has 0 aromatic carbocycles. The standard InChI is InChI=1S/C18H23N3O3/c1-20-14(22)11-24-16(15(20)13-4-2-8-19-10-13)17(23)21-9-7-18(12-21)5-3-6-18/h2,4,8,10,15-16H,3,5-7,9,11-12H2,1H3/t15-,16+/m1/s1. The molecule has 0 N–H and O–H groups in total. The highest BCUT2D eigenvalue weighted by atomic mass is 16.5. The first-order chi connectivity index (χ1) is 11.6. The molecule has 3 aliphatic rings. The maximum Gasteiger partial charge on any atom is 0.254 e. The van der Waals surface area contributed by atoms with Crippen molar-refractivity contribution in [1.82, 2.24) is 14.8 Å². The predicted octanol–water partition coefficient (Wildman–Crippen LogP) is 1.38. The molecule has 0 radical (unpaired) electrons. The first-order valence-corrected chi connectivity index (χ1v) is 8.66. The highest BCUT2D eigenvalue weighted by Crippen LogP contribution is 2.48. The summed E-state index contributed by atoms with van der Waals surface area (Å²) in [6.45, 7) is 1.60. The van der Waals surface area contributed by atoms with E-state index < -0.39 is 12.1 Å². The van der Waals surface area contributed by atoms with Crippen LogP contribution < -0.4 is 0 Å². The van der Waals surface area contributed by atoms with E-state index in [4.69, 9.17) is 4.74 Å². The van der Waals surface area contributed by atoms with Crippen molar-refractivity contribution in [2.45, 2.75) is 37.8 Å². The number of carbonyl (C=O) groups excluding carboxylic acids is 2. The smallest absolute Gasteiger partial charge is 0.254 e. The van der Waals surface area contributed by atoms with Gasteiger partial charge in [-0.15, -0.1) is 0 Å². The fourth-order valence-electron chi connectivity index (χ4n) is 4.26. The third-order valence-corrected chi connectivity index (χ3v) is 5.92. The van der Waals surface area contributed by atoms with Crippen LogP contribution in [-0.2, 0) is 14.3 Å². The summed E-state index contributed by atoms with van der Waals surface area (Å²) >= 11 is 0. The lowest BCUT2D eigenvalue weighted by molar-refractivity contribution is -0.167. The van der Waals surface area contributed by atoms with Crippen LogP contribution in [0.15, 0.2) is 24.5 Å². The van der Waals surface area contributed by atoms with E-state index in [0.717, 1.165) is 25.1 Å². The Bertz CT molecular complexity index is 644. The Labute approximate surface area is 141 Å². The highest BCUT2D eigenvalue weighted by molar-refractivity contribution is 5.86. The number of pyridine rings is 1. The molecule has 2 atom stereocenters. The van der Waals surface area contributed by atoms with Gasteiger partial charge in [-0.05, 0) is 36.3 Å². The van der Waals surface area contributed by atoms with E-state index in [1.54, 1.807) is 24.3 Å². The number of amides is 2. The zero-order chi connectivity index (χ0) is 16.7. The van der Waals surface area contributed by atoms with Crippen LogP contribution in [0.3, 0.4) is 0 Å². The van der Waals surface area contributed by atoms with Crippen molar-refractivity contribution in [1.29, 1.82) is 0 Å². The largest absolute Gasteiger partial charge is 0.356 e. The lowest BCUT2D eigenvalue weighted by Gasteiger charge is -2.41. The van der Waals surface area contributed by atoms with Gasteiger partial charge in [0, 0.05) is 32.5 Å². The third kappa shape index (κ3) is 2.49. The highest BCUT2D eigenvalue weighted by Gasteiger charge is 2.48. The van der Waals surface area contributed by atoms with Gasteiger partial charge in [-0.3, -0.25) is 14.6 Å². The molecule has 3 heterocycles. The fourth-order valence-corrected chi connectivity index (χ4v) is 4.26. The van der Waals surface area contributed by atoms with E-state index in [9.17, 15) is 9.59 Å². The van der Waals surface area contributed by atoms with Crippen LogP contribution in [0, 0.1) is 5.41 Å². The number of likely N-dealkylation sites (tertiary alicyclic amines) is 1. The lowest BCUT2D eigenvalue weighted by Crippen LogP contribution is -2.53. The minimum absolute atomic E-state index is 0.00646. The number of morpholine rings is 1. The Balaban J connectivity index is 1.57. The molecule has 2 aliphatic heterocycles. The van der Waals surface area contributed by atoms with Crippen LogP contribution in [-0.4, -0.2) is 59.4 Å². The van der Waals surface area contributed by atoms with Gasteiger partial charge in [-0.1, -0.05) is 12.5 Å². The summed E-state index contributed by atoms with van der Waals surface area (Å²) < 4.78 is 5.71. The van der Waals surface area contributed by atoms with Gasteiger partial charge in [0.25, 0.3) is 5.91 Å². The van der Waals surface area contributed by atoms with Gasteiger partial charge in [-0.25, -0.2) is 0 Å². The molecule has 1 aromatic heterocycles. The number of hydrogen-bond donors (Lipinski definition) is 0. The Morgan fingerprint density at radius 3 is 2.83 bits per heavy atom. The first-order valence-electron chi connectivity index (χ1n) is 8.66. The molecule has 1 saturated carbocycles. The molecular weight excluding hydrogens is 306 g/mol. The van der Waals surface area contributed by atoms with Gasteiger partial charge in [0.2, 0.25) is 5.91 Å². The van der Waals surface area contributed by atoms with Crippen molar-refractivity contribution in [2.75, 3.05) is 26.7 Å². The second-order valence-corrected chi connectivity index (χ2v) is 7.33. The summed E-state index contributed by atoms with van der Waals surface area (Å²) in [4.78, 5) is 32.9. The second kappa shape index (κ2) is 5.84. The summed E-state index contributed by atoms with van der Waals surface area (Å²) in [5.74, 6) is -0.100. The summed E-state index contributed by atoms with van der Waals surface area (Å²) in [5.41, 5.74) is 1.19. The minimum Gasteiger partial charge on any atom is -0.356 e. The quantitative estimate of drug-likeness (QED) is 0.822. The number of carbonyl (C=O) groups is 2. The van der Waals surface area contributed by atoms with E-state index in [2.05, 4.69) is 4.98 Å². The van der Waals surface area contributed by atoms with Crippen LogP contribution in [0.1, 0.15) is 37.3 Å². The summed E-state index contributed by atoms with van der Waals surface area (Å²) in [5, 5.41) is 0. The van der Waals surface area contributed by atoms with Crippen LogP contribution in [0.2, 0.25) is 0 Å². The van der Waals surface area contributed by atoms with E-state index in [0.29, 0.717) is 5.41 Å². The van der Waals surface area contributed by atoms with E-state index in [1.807, 2.05) is 17.0 Å². The molecule has 6 heteroatoms. The Kier molecular flexibility index (Phi) is 3.79. The van der Waals surface area contributed by atoms with Crippen molar-refractivity contribution in [3.8, 4) is 0 Å². The number of hydrogen-bond acceptors (Lipinski definition) is 4. The SMILES string of the molecule is CN1C(=O)CO[C@H](C(=O)N2CCC3(CCC3)C2)[C@H]1c1cccnc1. The second-order valence-electron chi connectivity index (χ2n) is 7.33. The van der Waals surface area contributed by atoms with Gasteiger partial charge >= 0.3 is 0 Å². The Morgan fingerprint density at radius 1 is 1.38 bits per heavy atom. The summed E-state index contributed by atoms with van der Waals surface area (Å²) in [7, 11) is 1.74. The monoisotopic (exact) mass is 329 g/mol. The van der Waals surface area contributed by atoms with Crippen LogP contribution in [0.25, 0.3) is 0 Å². The van der Waals surface area contributed by atoms with Crippen molar-refractivity contribution in [3.05, 3.63) is 30.1 Å². The number of aromatic nitrogens is 1. The number of nitrogens with zero attached hydrogens (tertiary/aromatic N) is 3. The molecule has 3 fully saturated rings. The van der Waals surface area contributed by atoms with E-state index >= 15 is 0 Å². The van der Waals surface area contributed by atoms with Gasteiger partial charge in [0.15, 0.2) is 6.10 Å². The van der Waals surface area contributed by atoms with Crippen molar-refractivity contribution in [3.63, 3.8) is 0 Å². The van der Waals surface area contributed by atoms with E-state index in [1.165, 1.54) is 19.3 Å². The molecule has 2 amide bonds. The molecule has 1 aromatic rings. The lowest BCUT2D eigenvalue weighted by atomic mass is 9.68. The van der Waals surface area contributed by atoms with Gasteiger partial charge in [-0.2, -0.15) is 0 Å². The van der Waals surface area contributed by atoms with Gasteiger partial charge in [0.1, 0.15) is 6.61 Å². The zero-order valence-electron chi connectivity index (χ0n) is 14.0. The van der Waals surface area contributed by atoms with Crippen LogP contribution in [0.4, 0.5) is 0 Å². The average Bonchev–Trinajstić information content (AvgIpc) is 3.03. The van der Waals surface area contributed by atoms with Crippen molar-refractivity contribution in [2.24, 2.45) is 5.41 Å². The maximum absolute atomic E-state index is 13.1. The Hall–Kier alpha value is -1.95. The number of likely N-dealkylation sites (N-methyl/N-ethyl adjacent to an activating group) is 1. The number of ether oxygens (including phenoxy) is 1. The predicted molar refractivity (Wildman–Crippen MR) is 87.0 cm³/mol. The maximum atomic E-state index is 13.1. The van der Waals surface area contributed by atoms with Gasteiger partial charge < -0.3 is 14.5 Å². The molecule has 1 aliphatic carbocycles. The molecule has 128 valence electrons. The molecule has 4 rings (SSSR count). The number of rotatable bonds is 2. The minimum atomic E-state index is -0.646. The molecule has 24 heavy (non-hydrogen) atoms. The normalized spacial score (nSPS) is 29.0. The molecule has 6 nitrogen and oxygen atoms in total. The topological polar surface area (TPSA) is 62.7 Å². The molecule has 0 unspecified atom stereocenters. The molecule has 0 bridgehead atoms. The molecular formula is C18H23N3O3. The van der Waals surface area contributed by atoms with Gasteiger partial charge in [0.05, 0.1) is 6.04 Å². The summed E-state index contributed by atoms with van der Waals surface area (Å²) in [6, 6.07) is 3.31. The Morgan fingerprint density at radius 2 is 2.21 bits per heavy atom. The van der Waals surface area contributed by atoms with Crippen molar-refractivity contribution < 1.29 is 14.3 Å². The van der Waals surface area contributed by atoms with Crippen LogP contribution >= 0.6 is 0 Å². The van der Waals surface area contributed by atoms with Crippen molar-refractivity contribution >= 4 is 11.8 Å². The third-order valence-electron chi connectivity index (χ3n) is 5.92. The zero-order valence-corrected chi connectivity index (χ0v) is 14.0. The summed E-state index contributed by atoms with van der Waals surface area (Å²) in [6.07, 6.45) is 7.58. The fraction of sp³-hybridized carbons (Fsp3) is 0.611. The first kappa shape index (κ1) is 15.6. The molecule has 1 spiro atoms. The van der Waals surface area contributed by atoms with Crippen LogP contribution in [0.5, 0.6) is 0 Å². The average molecular weight is 329 g/mol. The molecule has 2 saturated heterocycles.